The highest BCUT2D eigenvalue weighted by molar-refractivity contribution is 6.18. The zero-order chi connectivity index (χ0) is 23.2. The summed E-state index contributed by atoms with van der Waals surface area (Å²) in [6.07, 6.45) is 4.39. The van der Waals surface area contributed by atoms with Crippen LogP contribution in [0.3, 0.4) is 0 Å². The number of rotatable bonds is 9. The Labute approximate surface area is 192 Å². The molecular weight excluding hydrogens is 416 g/mol. The van der Waals surface area contributed by atoms with Crippen LogP contribution < -0.4 is 10.6 Å². The van der Waals surface area contributed by atoms with E-state index in [0.29, 0.717) is 34.4 Å². The van der Waals surface area contributed by atoms with E-state index in [2.05, 4.69) is 30.5 Å². The summed E-state index contributed by atoms with van der Waals surface area (Å²) in [6.45, 7) is 0.873. The molecule has 0 atom stereocenters. The molecule has 0 unspecified atom stereocenters. The Balaban J connectivity index is 1.50. The second-order valence-corrected chi connectivity index (χ2v) is 8.00. The molecule has 0 aliphatic carbocycles. The lowest BCUT2D eigenvalue weighted by atomic mass is 10.0. The molecule has 2 heterocycles. The number of hydrogen-bond donors (Lipinski definition) is 3. The smallest absolute Gasteiger partial charge is 0.224 e. The van der Waals surface area contributed by atoms with E-state index in [4.69, 9.17) is 0 Å². The molecule has 0 aliphatic rings. The lowest BCUT2D eigenvalue weighted by Gasteiger charge is -2.11. The van der Waals surface area contributed by atoms with Gasteiger partial charge in [0.15, 0.2) is 5.78 Å². The SMILES string of the molecule is CN(C)CCCC(=O)Nc1ccc(Nc2ncnc3[nH]cc(C(=O)c4ccccc4)c23)cc1. The van der Waals surface area contributed by atoms with Gasteiger partial charge in [-0.3, -0.25) is 9.59 Å². The Hall–Kier alpha value is -4.04. The zero-order valence-electron chi connectivity index (χ0n) is 18.6. The maximum absolute atomic E-state index is 13.0. The lowest BCUT2D eigenvalue weighted by molar-refractivity contribution is -0.116. The van der Waals surface area contributed by atoms with E-state index in [1.807, 2.05) is 56.6 Å². The number of carbonyl (C=O) groups is 2. The van der Waals surface area contributed by atoms with Crippen LogP contribution in [0.4, 0.5) is 17.2 Å². The number of benzene rings is 2. The molecule has 0 aliphatic heterocycles. The fourth-order valence-corrected chi connectivity index (χ4v) is 3.53. The fourth-order valence-electron chi connectivity index (χ4n) is 3.53. The van der Waals surface area contributed by atoms with Crippen molar-refractivity contribution in [2.45, 2.75) is 12.8 Å². The highest BCUT2D eigenvalue weighted by atomic mass is 16.1. The molecule has 4 aromatic rings. The quantitative estimate of drug-likeness (QED) is 0.336. The Kier molecular flexibility index (Phi) is 6.75. The molecular formula is C25H26N6O2. The minimum Gasteiger partial charge on any atom is -0.345 e. The molecule has 0 radical (unpaired) electrons. The van der Waals surface area contributed by atoms with Crippen molar-refractivity contribution in [3.8, 4) is 0 Å². The van der Waals surface area contributed by atoms with E-state index < -0.39 is 0 Å². The number of nitrogens with one attached hydrogen (secondary N) is 3. The highest BCUT2D eigenvalue weighted by Gasteiger charge is 2.18. The first kappa shape index (κ1) is 22.2. The molecule has 168 valence electrons. The third-order valence-electron chi connectivity index (χ3n) is 5.19. The van der Waals surface area contributed by atoms with Gasteiger partial charge in [0.2, 0.25) is 5.91 Å². The average Bonchev–Trinajstić information content (AvgIpc) is 3.25. The summed E-state index contributed by atoms with van der Waals surface area (Å²) in [5.74, 6) is 0.416. The Morgan fingerprint density at radius 2 is 1.70 bits per heavy atom. The van der Waals surface area contributed by atoms with E-state index >= 15 is 0 Å². The summed E-state index contributed by atoms with van der Waals surface area (Å²) in [6, 6.07) is 16.5. The second kappa shape index (κ2) is 10.1. The van der Waals surface area contributed by atoms with Crippen molar-refractivity contribution in [2.75, 3.05) is 31.3 Å². The van der Waals surface area contributed by atoms with Gasteiger partial charge < -0.3 is 20.5 Å². The van der Waals surface area contributed by atoms with E-state index in [1.54, 1.807) is 18.3 Å². The molecule has 0 saturated heterocycles. The number of nitrogens with zero attached hydrogens (tertiary/aromatic N) is 3. The number of fused-ring (bicyclic) bond motifs is 1. The van der Waals surface area contributed by atoms with E-state index in [-0.39, 0.29) is 11.7 Å². The predicted molar refractivity (Wildman–Crippen MR) is 130 cm³/mol. The summed E-state index contributed by atoms with van der Waals surface area (Å²) in [5.41, 5.74) is 3.18. The first-order valence-electron chi connectivity index (χ1n) is 10.7. The molecule has 0 fully saturated rings. The lowest BCUT2D eigenvalue weighted by Crippen LogP contribution is -2.17. The number of carbonyl (C=O) groups excluding carboxylic acids is 2. The third-order valence-corrected chi connectivity index (χ3v) is 5.19. The maximum atomic E-state index is 13.0. The summed E-state index contributed by atoms with van der Waals surface area (Å²) < 4.78 is 0. The normalized spacial score (nSPS) is 11.0. The fraction of sp³-hybridized carbons (Fsp3) is 0.200. The van der Waals surface area contributed by atoms with Gasteiger partial charge in [-0.05, 0) is 51.3 Å². The molecule has 1 amide bonds. The van der Waals surface area contributed by atoms with Gasteiger partial charge in [-0.2, -0.15) is 0 Å². The first-order chi connectivity index (χ1) is 16.0. The summed E-state index contributed by atoms with van der Waals surface area (Å²) >= 11 is 0. The molecule has 2 aromatic carbocycles. The van der Waals surface area contributed by atoms with Gasteiger partial charge in [-0.1, -0.05) is 30.3 Å². The van der Waals surface area contributed by atoms with E-state index in [9.17, 15) is 9.59 Å². The van der Waals surface area contributed by atoms with Crippen molar-refractivity contribution in [1.82, 2.24) is 19.9 Å². The van der Waals surface area contributed by atoms with Crippen molar-refractivity contribution in [3.63, 3.8) is 0 Å². The van der Waals surface area contributed by atoms with Crippen LogP contribution >= 0.6 is 0 Å². The zero-order valence-corrected chi connectivity index (χ0v) is 18.6. The van der Waals surface area contributed by atoms with Crippen molar-refractivity contribution >= 4 is 39.9 Å². The van der Waals surface area contributed by atoms with Crippen molar-refractivity contribution in [3.05, 3.63) is 78.2 Å². The highest BCUT2D eigenvalue weighted by Crippen LogP contribution is 2.28. The van der Waals surface area contributed by atoms with Crippen LogP contribution in [-0.2, 0) is 4.79 Å². The van der Waals surface area contributed by atoms with Gasteiger partial charge in [-0.25, -0.2) is 9.97 Å². The van der Waals surface area contributed by atoms with Crippen molar-refractivity contribution in [2.24, 2.45) is 0 Å². The Morgan fingerprint density at radius 3 is 2.42 bits per heavy atom. The maximum Gasteiger partial charge on any atom is 0.224 e. The number of aromatic amines is 1. The molecule has 4 rings (SSSR count). The minimum absolute atomic E-state index is 0.00791. The summed E-state index contributed by atoms with van der Waals surface area (Å²) in [5, 5.41) is 6.81. The van der Waals surface area contributed by atoms with Crippen molar-refractivity contribution in [1.29, 1.82) is 0 Å². The molecule has 0 spiro atoms. The van der Waals surface area contributed by atoms with Crippen LogP contribution in [0, 0.1) is 0 Å². The summed E-state index contributed by atoms with van der Waals surface area (Å²) in [4.78, 5) is 38.9. The van der Waals surface area contributed by atoms with Crippen molar-refractivity contribution < 1.29 is 9.59 Å². The molecule has 3 N–H and O–H groups in total. The van der Waals surface area contributed by atoms with Crippen LogP contribution in [0.2, 0.25) is 0 Å². The topological polar surface area (TPSA) is 103 Å². The van der Waals surface area contributed by atoms with E-state index in [1.165, 1.54) is 6.33 Å². The third kappa shape index (κ3) is 5.42. The Bertz CT molecular complexity index is 1250. The van der Waals surface area contributed by atoms with Gasteiger partial charge in [0, 0.05) is 29.6 Å². The molecule has 0 saturated carbocycles. The van der Waals surface area contributed by atoms with Crippen LogP contribution in [0.5, 0.6) is 0 Å². The average molecular weight is 443 g/mol. The standard InChI is InChI=1S/C25H26N6O2/c1-31(2)14-6-9-21(32)29-18-10-12-19(13-11-18)30-25-22-20(15-26-24(22)27-16-28-25)23(33)17-7-4-3-5-8-17/h3-5,7-8,10-13,15-16H,6,9,14H2,1-2H3,(H,29,32)(H2,26,27,28,30). The number of hydrogen-bond acceptors (Lipinski definition) is 6. The largest absolute Gasteiger partial charge is 0.345 e. The Morgan fingerprint density at radius 1 is 0.970 bits per heavy atom. The number of aromatic nitrogens is 3. The van der Waals surface area contributed by atoms with E-state index in [0.717, 1.165) is 24.3 Å². The number of amides is 1. The molecule has 8 nitrogen and oxygen atoms in total. The predicted octanol–water partition coefficient (Wildman–Crippen LogP) is 4.21. The number of anilines is 3. The second-order valence-electron chi connectivity index (χ2n) is 8.00. The van der Waals surface area contributed by atoms with Crippen LogP contribution in [-0.4, -0.2) is 52.2 Å². The molecule has 0 bridgehead atoms. The molecule has 33 heavy (non-hydrogen) atoms. The summed E-state index contributed by atoms with van der Waals surface area (Å²) in [7, 11) is 3.98. The van der Waals surface area contributed by atoms with Gasteiger partial charge in [0.1, 0.15) is 17.8 Å². The number of ketones is 1. The van der Waals surface area contributed by atoms with Gasteiger partial charge in [0.05, 0.1) is 10.9 Å². The first-order valence-corrected chi connectivity index (χ1v) is 10.7. The van der Waals surface area contributed by atoms with Gasteiger partial charge in [0.25, 0.3) is 0 Å². The number of H-pyrrole nitrogens is 1. The molecule has 2 aromatic heterocycles. The van der Waals surface area contributed by atoms with Crippen LogP contribution in [0.25, 0.3) is 11.0 Å². The molecule has 8 heteroatoms. The minimum atomic E-state index is -0.105. The van der Waals surface area contributed by atoms with Crippen LogP contribution in [0.15, 0.2) is 67.1 Å². The van der Waals surface area contributed by atoms with Gasteiger partial charge in [-0.15, -0.1) is 0 Å². The monoisotopic (exact) mass is 442 g/mol. The van der Waals surface area contributed by atoms with Gasteiger partial charge >= 0.3 is 0 Å². The van der Waals surface area contributed by atoms with Crippen LogP contribution in [0.1, 0.15) is 28.8 Å².